The van der Waals surface area contributed by atoms with Gasteiger partial charge in [0.1, 0.15) is 0 Å². The first-order valence-electron chi connectivity index (χ1n) is 10.5. The van der Waals surface area contributed by atoms with Gasteiger partial charge >= 0.3 is 0 Å². The van der Waals surface area contributed by atoms with E-state index < -0.39 is 0 Å². The summed E-state index contributed by atoms with van der Waals surface area (Å²) in [5, 5.41) is 8.22. The number of hydrogen-bond donors (Lipinski definition) is 1. The third-order valence-electron chi connectivity index (χ3n) is 5.52. The topological polar surface area (TPSA) is 72.3 Å². The highest BCUT2D eigenvalue weighted by molar-refractivity contribution is 6.31. The van der Waals surface area contributed by atoms with E-state index in [1.807, 2.05) is 49.4 Å². The van der Waals surface area contributed by atoms with Gasteiger partial charge < -0.3 is 10.1 Å². The van der Waals surface area contributed by atoms with Gasteiger partial charge in [0.15, 0.2) is 5.82 Å². The van der Waals surface area contributed by atoms with Crippen LogP contribution in [0.25, 0.3) is 5.82 Å². The number of amides is 1. The second-order valence-corrected chi connectivity index (χ2v) is 7.76. The van der Waals surface area contributed by atoms with E-state index in [-0.39, 0.29) is 11.9 Å². The number of nitrogens with one attached hydrogen (secondary N) is 1. The number of ether oxygens (including phenoxy) is 1. The summed E-state index contributed by atoms with van der Waals surface area (Å²) in [6.07, 6.45) is 3.99. The monoisotopic (exact) mass is 439 g/mol. The molecule has 3 aromatic rings. The molecule has 0 radical (unpaired) electrons. The molecule has 4 rings (SSSR count). The summed E-state index contributed by atoms with van der Waals surface area (Å²) in [7, 11) is 0. The quantitative estimate of drug-likeness (QED) is 0.611. The van der Waals surface area contributed by atoms with Crippen molar-refractivity contribution in [3.8, 4) is 5.82 Å². The summed E-state index contributed by atoms with van der Waals surface area (Å²) in [6.45, 7) is 5.39. The first-order valence-corrected chi connectivity index (χ1v) is 10.9. The van der Waals surface area contributed by atoms with E-state index in [4.69, 9.17) is 16.3 Å². The summed E-state index contributed by atoms with van der Waals surface area (Å²) in [5.41, 5.74) is 2.40. The van der Waals surface area contributed by atoms with Crippen molar-refractivity contribution in [2.45, 2.75) is 19.4 Å². The molecule has 31 heavy (non-hydrogen) atoms. The van der Waals surface area contributed by atoms with Gasteiger partial charge in [0.05, 0.1) is 36.7 Å². The van der Waals surface area contributed by atoms with Gasteiger partial charge in [-0.2, -0.15) is 5.10 Å². The lowest BCUT2D eigenvalue weighted by atomic mass is 10.0. The average molecular weight is 440 g/mol. The minimum absolute atomic E-state index is 0.0301. The number of carbonyl (C=O) groups excluding carboxylic acids is 1. The van der Waals surface area contributed by atoms with Crippen LogP contribution >= 0.6 is 11.6 Å². The van der Waals surface area contributed by atoms with E-state index in [1.165, 1.54) is 0 Å². The molecule has 1 saturated heterocycles. The largest absolute Gasteiger partial charge is 0.379 e. The van der Waals surface area contributed by atoms with Crippen LogP contribution in [0.15, 0.2) is 54.9 Å². The molecule has 0 saturated carbocycles. The second-order valence-electron chi connectivity index (χ2n) is 7.35. The number of nitrogens with zero attached hydrogens (tertiary/aromatic N) is 4. The first kappa shape index (κ1) is 21.5. The van der Waals surface area contributed by atoms with Crippen LogP contribution in [0.4, 0.5) is 0 Å². The Kier molecular flexibility index (Phi) is 6.96. The average Bonchev–Trinajstić information content (AvgIpc) is 3.26. The maximum Gasteiger partial charge on any atom is 0.254 e. The molecular formula is C23H26ClN5O2. The highest BCUT2D eigenvalue weighted by Crippen LogP contribution is 2.28. The van der Waals surface area contributed by atoms with Crippen LogP contribution in [0.5, 0.6) is 0 Å². The smallest absolute Gasteiger partial charge is 0.254 e. The number of rotatable bonds is 7. The number of aromatic nitrogens is 3. The lowest BCUT2D eigenvalue weighted by molar-refractivity contribution is 0.0162. The molecule has 1 unspecified atom stereocenters. The molecule has 1 atom stereocenters. The zero-order valence-corrected chi connectivity index (χ0v) is 18.3. The van der Waals surface area contributed by atoms with Crippen LogP contribution in [0.1, 0.15) is 34.6 Å². The Labute approximate surface area is 187 Å². The number of pyridine rings is 1. The molecule has 1 aromatic carbocycles. The Morgan fingerprint density at radius 3 is 2.68 bits per heavy atom. The summed E-state index contributed by atoms with van der Waals surface area (Å²) < 4.78 is 7.23. The molecular weight excluding hydrogens is 414 g/mol. The fourth-order valence-electron chi connectivity index (χ4n) is 3.93. The predicted molar refractivity (Wildman–Crippen MR) is 120 cm³/mol. The van der Waals surface area contributed by atoms with E-state index in [0.29, 0.717) is 42.6 Å². The van der Waals surface area contributed by atoms with E-state index in [9.17, 15) is 4.79 Å². The Bertz CT molecular complexity index is 1020. The molecule has 1 aliphatic heterocycles. The van der Waals surface area contributed by atoms with Crippen LogP contribution < -0.4 is 5.32 Å². The molecule has 7 nitrogen and oxygen atoms in total. The maximum absolute atomic E-state index is 13.1. The second kappa shape index (κ2) is 10.0. The van der Waals surface area contributed by atoms with Gasteiger partial charge in [-0.25, -0.2) is 9.67 Å². The number of hydrogen-bond acceptors (Lipinski definition) is 5. The van der Waals surface area contributed by atoms with Crippen molar-refractivity contribution in [3.63, 3.8) is 0 Å². The van der Waals surface area contributed by atoms with Gasteiger partial charge in [-0.15, -0.1) is 0 Å². The van der Waals surface area contributed by atoms with Crippen molar-refractivity contribution in [1.82, 2.24) is 25.0 Å². The molecule has 0 bridgehead atoms. The third-order valence-corrected chi connectivity index (χ3v) is 5.87. The zero-order valence-electron chi connectivity index (χ0n) is 17.5. The molecule has 0 spiro atoms. The Balaban J connectivity index is 1.54. The highest BCUT2D eigenvalue weighted by Gasteiger charge is 2.26. The molecule has 8 heteroatoms. The van der Waals surface area contributed by atoms with Gasteiger partial charge in [0, 0.05) is 30.9 Å². The Hall–Kier alpha value is -2.74. The summed E-state index contributed by atoms with van der Waals surface area (Å²) in [6, 6.07) is 13.4. The highest BCUT2D eigenvalue weighted by atomic mass is 35.5. The van der Waals surface area contributed by atoms with Crippen LogP contribution in [-0.4, -0.2) is 58.4 Å². The first-order chi connectivity index (χ1) is 15.2. The fraction of sp³-hybridized carbons (Fsp3) is 0.348. The number of carbonyl (C=O) groups is 1. The van der Waals surface area contributed by atoms with Gasteiger partial charge in [0.2, 0.25) is 0 Å². The molecule has 3 heterocycles. The fourth-order valence-corrected chi connectivity index (χ4v) is 4.20. The number of halogens is 1. The summed E-state index contributed by atoms with van der Waals surface area (Å²) in [4.78, 5) is 19.8. The maximum atomic E-state index is 13.1. The Morgan fingerprint density at radius 1 is 1.19 bits per heavy atom. The zero-order chi connectivity index (χ0) is 21.6. The standard InChI is InChI=1S/C23H26ClN5O2/c1-2-20-18(15-27-29(20)22-9-5-6-10-25-22)23(30)26-16-21(28-11-13-31-14-12-28)17-7-3-4-8-19(17)24/h3-10,15,21H,2,11-14,16H2,1H3,(H,26,30). The summed E-state index contributed by atoms with van der Waals surface area (Å²) in [5.74, 6) is 0.546. The van der Waals surface area contributed by atoms with Crippen molar-refractivity contribution in [2.24, 2.45) is 0 Å². The molecule has 1 amide bonds. The molecule has 162 valence electrons. The van der Waals surface area contributed by atoms with Gasteiger partial charge in [0.25, 0.3) is 5.91 Å². The van der Waals surface area contributed by atoms with E-state index in [0.717, 1.165) is 24.3 Å². The predicted octanol–water partition coefficient (Wildman–Crippen LogP) is 3.29. The Morgan fingerprint density at radius 2 is 1.97 bits per heavy atom. The van der Waals surface area contributed by atoms with E-state index >= 15 is 0 Å². The van der Waals surface area contributed by atoms with Gasteiger partial charge in [-0.3, -0.25) is 9.69 Å². The molecule has 1 fully saturated rings. The van der Waals surface area contributed by atoms with E-state index in [2.05, 4.69) is 20.3 Å². The van der Waals surface area contributed by atoms with Crippen LogP contribution in [0, 0.1) is 0 Å². The molecule has 1 N–H and O–H groups in total. The van der Waals surface area contributed by atoms with Crippen LogP contribution in [0.3, 0.4) is 0 Å². The number of morpholine rings is 1. The number of benzene rings is 1. The van der Waals surface area contributed by atoms with Crippen LogP contribution in [-0.2, 0) is 11.2 Å². The normalized spacial score (nSPS) is 15.5. The van der Waals surface area contributed by atoms with Gasteiger partial charge in [-0.1, -0.05) is 42.8 Å². The van der Waals surface area contributed by atoms with E-state index in [1.54, 1.807) is 17.1 Å². The molecule has 0 aliphatic carbocycles. The lowest BCUT2D eigenvalue weighted by Gasteiger charge is -2.35. The van der Waals surface area contributed by atoms with Crippen molar-refractivity contribution < 1.29 is 9.53 Å². The van der Waals surface area contributed by atoms with Crippen molar-refractivity contribution in [3.05, 3.63) is 76.7 Å². The third kappa shape index (κ3) is 4.79. The van der Waals surface area contributed by atoms with Crippen molar-refractivity contribution in [2.75, 3.05) is 32.8 Å². The molecule has 2 aromatic heterocycles. The van der Waals surface area contributed by atoms with Gasteiger partial charge in [-0.05, 0) is 30.2 Å². The van der Waals surface area contributed by atoms with Crippen molar-refractivity contribution in [1.29, 1.82) is 0 Å². The lowest BCUT2D eigenvalue weighted by Crippen LogP contribution is -2.44. The van der Waals surface area contributed by atoms with Crippen LogP contribution in [0.2, 0.25) is 5.02 Å². The minimum Gasteiger partial charge on any atom is -0.379 e. The summed E-state index contributed by atoms with van der Waals surface area (Å²) >= 11 is 6.50. The SMILES string of the molecule is CCc1c(C(=O)NCC(c2ccccc2Cl)N2CCOCC2)cnn1-c1ccccn1. The molecule has 1 aliphatic rings. The van der Waals surface area contributed by atoms with Crippen molar-refractivity contribution >= 4 is 17.5 Å². The minimum atomic E-state index is -0.149.